The molecule has 1 aromatic rings. The van der Waals surface area contributed by atoms with Gasteiger partial charge < -0.3 is 9.47 Å². The quantitative estimate of drug-likeness (QED) is 0.830. The lowest BCUT2D eigenvalue weighted by Crippen LogP contribution is -2.36. The fraction of sp³-hybridized carbons (Fsp3) is 0.571. The minimum Gasteiger partial charge on any atom is -0.493 e. The maximum atomic E-state index is 5.92. The van der Waals surface area contributed by atoms with E-state index in [1.165, 1.54) is 5.56 Å². The van der Waals surface area contributed by atoms with E-state index in [-0.39, 0.29) is 5.41 Å². The second-order valence-corrected chi connectivity index (χ2v) is 5.19. The van der Waals surface area contributed by atoms with Gasteiger partial charge >= 0.3 is 0 Å². The lowest BCUT2D eigenvalue weighted by Gasteiger charge is -2.35. The molecule has 1 aliphatic heterocycles. The molecule has 1 aromatic carbocycles. The van der Waals surface area contributed by atoms with Gasteiger partial charge in [-0.15, -0.1) is 0 Å². The third-order valence-corrected chi connectivity index (χ3v) is 4.09. The summed E-state index contributed by atoms with van der Waals surface area (Å²) in [6.07, 6.45) is 2.09. The van der Waals surface area contributed by atoms with Gasteiger partial charge in [-0.3, -0.25) is 0 Å². The molecule has 0 aliphatic carbocycles. The van der Waals surface area contributed by atoms with Crippen LogP contribution in [0.4, 0.5) is 0 Å². The van der Waals surface area contributed by atoms with E-state index in [2.05, 4.69) is 31.7 Å². The average molecular weight is 252 g/mol. The zero-order valence-corrected chi connectivity index (χ0v) is 11.2. The van der Waals surface area contributed by atoms with Crippen LogP contribution in [0.2, 0.25) is 0 Å². The minimum absolute atomic E-state index is 0.186. The van der Waals surface area contributed by atoms with E-state index in [9.17, 15) is 0 Å². The van der Waals surface area contributed by atoms with Crippen LogP contribution in [0, 0.1) is 12.3 Å². The van der Waals surface area contributed by atoms with E-state index in [0.29, 0.717) is 0 Å². The number of benzene rings is 1. The van der Waals surface area contributed by atoms with Gasteiger partial charge in [0.1, 0.15) is 5.75 Å². The molecule has 0 N–H and O–H groups in total. The van der Waals surface area contributed by atoms with Gasteiger partial charge in [0.05, 0.1) is 6.61 Å². The van der Waals surface area contributed by atoms with E-state index in [4.69, 9.17) is 9.47 Å². The standard InChI is InChI=1S/C14H20O2S/c1-12-3-2-4-13(9-12)16-10-14(11-17)5-7-15-8-6-14/h2-4,9,17H,5-8,10-11H2,1H3. The summed E-state index contributed by atoms with van der Waals surface area (Å²) in [6, 6.07) is 8.20. The third kappa shape index (κ3) is 3.39. The molecule has 1 heterocycles. The van der Waals surface area contributed by atoms with Gasteiger partial charge in [-0.1, -0.05) is 12.1 Å². The minimum atomic E-state index is 0.186. The molecule has 0 aromatic heterocycles. The second kappa shape index (κ2) is 5.78. The number of aryl methyl sites for hydroxylation is 1. The van der Waals surface area contributed by atoms with E-state index >= 15 is 0 Å². The highest BCUT2D eigenvalue weighted by Crippen LogP contribution is 2.32. The molecule has 0 radical (unpaired) electrons. The first-order chi connectivity index (χ1) is 8.24. The largest absolute Gasteiger partial charge is 0.493 e. The summed E-state index contributed by atoms with van der Waals surface area (Å²) in [6.45, 7) is 4.48. The van der Waals surface area contributed by atoms with Gasteiger partial charge in [0.2, 0.25) is 0 Å². The Hall–Kier alpha value is -0.670. The SMILES string of the molecule is Cc1cccc(OCC2(CS)CCOCC2)c1. The van der Waals surface area contributed by atoms with Gasteiger partial charge in [-0.05, 0) is 43.2 Å². The fourth-order valence-electron chi connectivity index (χ4n) is 2.09. The summed E-state index contributed by atoms with van der Waals surface area (Å²) in [5.41, 5.74) is 1.42. The third-order valence-electron chi connectivity index (χ3n) is 3.42. The molecule has 3 heteroatoms. The molecular weight excluding hydrogens is 232 g/mol. The Kier molecular flexibility index (Phi) is 4.35. The molecule has 2 rings (SSSR count). The Morgan fingerprint density at radius 1 is 1.35 bits per heavy atom. The normalized spacial score (nSPS) is 18.9. The molecule has 17 heavy (non-hydrogen) atoms. The van der Waals surface area contributed by atoms with Crippen LogP contribution < -0.4 is 4.74 Å². The molecule has 0 spiro atoms. The summed E-state index contributed by atoms with van der Waals surface area (Å²) < 4.78 is 11.3. The van der Waals surface area contributed by atoms with Gasteiger partial charge in [0.25, 0.3) is 0 Å². The van der Waals surface area contributed by atoms with Crippen LogP contribution >= 0.6 is 12.6 Å². The summed E-state index contributed by atoms with van der Waals surface area (Å²) in [4.78, 5) is 0. The predicted molar refractivity (Wildman–Crippen MR) is 73.0 cm³/mol. The average Bonchev–Trinajstić information content (AvgIpc) is 2.38. The zero-order chi connectivity index (χ0) is 12.1. The Morgan fingerprint density at radius 2 is 2.12 bits per heavy atom. The second-order valence-electron chi connectivity index (χ2n) is 4.88. The molecular formula is C14H20O2S. The van der Waals surface area contributed by atoms with Crippen molar-refractivity contribution in [3.63, 3.8) is 0 Å². The first-order valence-corrected chi connectivity index (χ1v) is 6.75. The van der Waals surface area contributed by atoms with Crippen molar-refractivity contribution in [2.45, 2.75) is 19.8 Å². The molecule has 94 valence electrons. The van der Waals surface area contributed by atoms with E-state index < -0.39 is 0 Å². The van der Waals surface area contributed by atoms with Crippen LogP contribution in [-0.2, 0) is 4.74 Å². The fourth-order valence-corrected chi connectivity index (χ4v) is 2.50. The molecule has 0 saturated carbocycles. The number of ether oxygens (including phenoxy) is 2. The monoisotopic (exact) mass is 252 g/mol. The molecule has 1 aliphatic rings. The topological polar surface area (TPSA) is 18.5 Å². The molecule has 0 amide bonds. The van der Waals surface area contributed by atoms with Crippen molar-refractivity contribution in [2.24, 2.45) is 5.41 Å². The Balaban J connectivity index is 1.95. The zero-order valence-electron chi connectivity index (χ0n) is 10.3. The van der Waals surface area contributed by atoms with Crippen molar-refractivity contribution in [2.75, 3.05) is 25.6 Å². The van der Waals surface area contributed by atoms with Gasteiger partial charge in [-0.25, -0.2) is 0 Å². The van der Waals surface area contributed by atoms with Crippen LogP contribution in [-0.4, -0.2) is 25.6 Å². The Morgan fingerprint density at radius 3 is 2.76 bits per heavy atom. The van der Waals surface area contributed by atoms with Crippen LogP contribution in [0.1, 0.15) is 18.4 Å². The number of hydrogen-bond acceptors (Lipinski definition) is 3. The molecule has 2 nitrogen and oxygen atoms in total. The molecule has 1 saturated heterocycles. The molecule has 1 fully saturated rings. The van der Waals surface area contributed by atoms with Crippen LogP contribution in [0.3, 0.4) is 0 Å². The van der Waals surface area contributed by atoms with Crippen molar-refractivity contribution in [3.05, 3.63) is 29.8 Å². The number of hydrogen-bond donors (Lipinski definition) is 1. The Labute approximate surface area is 109 Å². The predicted octanol–water partition coefficient (Wildman–Crippen LogP) is 3.10. The van der Waals surface area contributed by atoms with Gasteiger partial charge in [0.15, 0.2) is 0 Å². The van der Waals surface area contributed by atoms with Gasteiger partial charge in [-0.2, -0.15) is 12.6 Å². The maximum absolute atomic E-state index is 5.92. The van der Waals surface area contributed by atoms with E-state index in [1.54, 1.807) is 0 Å². The lowest BCUT2D eigenvalue weighted by atomic mass is 9.83. The highest BCUT2D eigenvalue weighted by molar-refractivity contribution is 7.80. The summed E-state index contributed by atoms with van der Waals surface area (Å²) >= 11 is 4.48. The summed E-state index contributed by atoms with van der Waals surface area (Å²) in [7, 11) is 0. The maximum Gasteiger partial charge on any atom is 0.119 e. The number of rotatable bonds is 4. The van der Waals surface area contributed by atoms with Crippen molar-refractivity contribution < 1.29 is 9.47 Å². The highest BCUT2D eigenvalue weighted by atomic mass is 32.1. The first kappa shape index (κ1) is 12.8. The summed E-state index contributed by atoms with van der Waals surface area (Å²) in [5.74, 6) is 1.82. The van der Waals surface area contributed by atoms with Crippen molar-refractivity contribution in [1.82, 2.24) is 0 Å². The van der Waals surface area contributed by atoms with E-state index in [1.807, 2.05) is 12.1 Å². The van der Waals surface area contributed by atoms with Crippen molar-refractivity contribution in [1.29, 1.82) is 0 Å². The smallest absolute Gasteiger partial charge is 0.119 e. The van der Waals surface area contributed by atoms with Crippen molar-refractivity contribution >= 4 is 12.6 Å². The highest BCUT2D eigenvalue weighted by Gasteiger charge is 2.32. The Bertz CT molecular complexity index is 359. The summed E-state index contributed by atoms with van der Waals surface area (Å²) in [5, 5.41) is 0. The van der Waals surface area contributed by atoms with Crippen LogP contribution in [0.15, 0.2) is 24.3 Å². The van der Waals surface area contributed by atoms with E-state index in [0.717, 1.165) is 44.2 Å². The molecule has 0 bridgehead atoms. The van der Waals surface area contributed by atoms with Crippen molar-refractivity contribution in [3.8, 4) is 5.75 Å². The van der Waals surface area contributed by atoms with Crippen LogP contribution in [0.25, 0.3) is 0 Å². The number of thiol groups is 1. The van der Waals surface area contributed by atoms with Crippen LogP contribution in [0.5, 0.6) is 5.75 Å². The molecule has 0 atom stereocenters. The van der Waals surface area contributed by atoms with Gasteiger partial charge in [0, 0.05) is 18.6 Å². The molecule has 0 unspecified atom stereocenters. The lowest BCUT2D eigenvalue weighted by molar-refractivity contribution is 0.00310. The first-order valence-electron chi connectivity index (χ1n) is 6.12.